The van der Waals surface area contributed by atoms with Gasteiger partial charge in [0.25, 0.3) is 0 Å². The van der Waals surface area contributed by atoms with E-state index in [1.54, 1.807) is 0 Å². The zero-order valence-corrected chi connectivity index (χ0v) is 12.8. The minimum atomic E-state index is 0. The number of hydrogen-bond donors (Lipinski definition) is 0. The van der Waals surface area contributed by atoms with Crippen molar-refractivity contribution in [1.82, 2.24) is 0 Å². The van der Waals surface area contributed by atoms with Gasteiger partial charge >= 0.3 is 0 Å². The van der Waals surface area contributed by atoms with E-state index in [2.05, 4.69) is 25.1 Å². The van der Waals surface area contributed by atoms with Crippen LogP contribution in [0.3, 0.4) is 0 Å². The summed E-state index contributed by atoms with van der Waals surface area (Å²) in [6.07, 6.45) is 6.02. The first-order valence-electron chi connectivity index (χ1n) is 6.00. The minimum Gasteiger partial charge on any atom is -0.192 e. The quantitative estimate of drug-likeness (QED) is 0.534. The van der Waals surface area contributed by atoms with E-state index in [1.807, 2.05) is 12.1 Å². The second-order valence-electron chi connectivity index (χ2n) is 4.52. The van der Waals surface area contributed by atoms with Gasteiger partial charge in [-0.05, 0) is 38.2 Å². The van der Waals surface area contributed by atoms with Crippen LogP contribution in [-0.4, -0.2) is 29.6 Å². The smallest absolute Gasteiger partial charge is 0.0997 e. The summed E-state index contributed by atoms with van der Waals surface area (Å²) < 4.78 is 0. The Morgan fingerprint density at radius 2 is 1.88 bits per heavy atom. The van der Waals surface area contributed by atoms with Crippen LogP contribution < -0.4 is 0 Å². The number of nitrogens with zero attached hydrogens (tertiary/aromatic N) is 1. The summed E-state index contributed by atoms with van der Waals surface area (Å²) in [6.45, 7) is 2.07. The molecule has 83 valence electrons. The zero-order chi connectivity index (χ0) is 11.4. The van der Waals surface area contributed by atoms with E-state index >= 15 is 0 Å². The van der Waals surface area contributed by atoms with Crippen molar-refractivity contribution < 1.29 is 0 Å². The molecule has 0 aliphatic heterocycles. The van der Waals surface area contributed by atoms with Gasteiger partial charge in [-0.1, -0.05) is 41.8 Å². The van der Waals surface area contributed by atoms with Crippen LogP contribution in [0.4, 0.5) is 0 Å². The molecule has 0 aromatic heterocycles. The zero-order valence-electron chi connectivity index (χ0n) is 10.8. The van der Waals surface area contributed by atoms with Crippen molar-refractivity contribution >= 4 is 35.1 Å². The molecule has 0 heterocycles. The van der Waals surface area contributed by atoms with Crippen LogP contribution in [0.5, 0.6) is 0 Å². The molecule has 1 saturated carbocycles. The van der Waals surface area contributed by atoms with Crippen LogP contribution in [0, 0.1) is 18.3 Å². The van der Waals surface area contributed by atoms with Gasteiger partial charge in [-0.15, -0.1) is 0 Å². The van der Waals surface area contributed by atoms with Crippen LogP contribution >= 0.6 is 0 Å². The molecular formula is C15H17NNa. The molecule has 0 N–H and O–H groups in total. The van der Waals surface area contributed by atoms with E-state index < -0.39 is 0 Å². The van der Waals surface area contributed by atoms with Crippen molar-refractivity contribution in [2.45, 2.75) is 39.0 Å². The number of benzene rings is 1. The summed E-state index contributed by atoms with van der Waals surface area (Å²) in [5.74, 6) is 0. The molecule has 2 rings (SSSR count). The molecule has 1 radical (unpaired) electrons. The molecule has 1 fully saturated rings. The predicted octanol–water partition coefficient (Wildman–Crippen LogP) is 3.86. The largest absolute Gasteiger partial charge is 0.192 e. The molecule has 1 aromatic rings. The summed E-state index contributed by atoms with van der Waals surface area (Å²) in [6, 6.07) is 10.7. The Balaban J connectivity index is 0.00000144. The predicted molar refractivity (Wildman–Crippen MR) is 72.6 cm³/mol. The first kappa shape index (κ1) is 14.5. The summed E-state index contributed by atoms with van der Waals surface area (Å²) >= 11 is 0. The van der Waals surface area contributed by atoms with E-state index in [1.165, 1.54) is 30.4 Å². The molecule has 1 nitrogen and oxygen atoms in total. The molecule has 0 atom stereocenters. The van der Waals surface area contributed by atoms with E-state index in [0.717, 1.165) is 24.0 Å². The average Bonchev–Trinajstić information content (AvgIpc) is 2.31. The standard InChI is InChI=1S/C15H17N.Na/c1-12-6-5-9-14(10-12)15(11-16)13-7-3-2-4-8-13;/h5-6,9-10H,2-4,7-8H2,1H3;. The topological polar surface area (TPSA) is 23.8 Å². The third-order valence-electron chi connectivity index (χ3n) is 3.23. The van der Waals surface area contributed by atoms with Crippen LogP contribution in [0.2, 0.25) is 0 Å². The SMILES string of the molecule is Cc1cccc(C(C#N)=C2CCCCC2)c1.[Na]. The van der Waals surface area contributed by atoms with Gasteiger partial charge in [0.05, 0.1) is 11.6 Å². The van der Waals surface area contributed by atoms with Gasteiger partial charge in [0.15, 0.2) is 0 Å². The van der Waals surface area contributed by atoms with Gasteiger partial charge in [0.2, 0.25) is 0 Å². The number of hydrogen-bond acceptors (Lipinski definition) is 1. The Labute approximate surface area is 126 Å². The van der Waals surface area contributed by atoms with Crippen molar-refractivity contribution in [2.75, 3.05) is 0 Å². The third kappa shape index (κ3) is 3.71. The molecule has 0 amide bonds. The average molecular weight is 234 g/mol. The number of allylic oxidation sites excluding steroid dienone is 2. The molecule has 1 aromatic carbocycles. The molecule has 0 unspecified atom stereocenters. The monoisotopic (exact) mass is 234 g/mol. The molecule has 0 saturated heterocycles. The van der Waals surface area contributed by atoms with Gasteiger partial charge in [0, 0.05) is 29.6 Å². The Kier molecular flexibility index (Phi) is 5.98. The van der Waals surface area contributed by atoms with Crippen molar-refractivity contribution in [3.63, 3.8) is 0 Å². The third-order valence-corrected chi connectivity index (χ3v) is 3.23. The Bertz CT molecular complexity index is 446. The minimum absolute atomic E-state index is 0. The van der Waals surface area contributed by atoms with Crippen molar-refractivity contribution in [1.29, 1.82) is 5.26 Å². The van der Waals surface area contributed by atoms with E-state index in [4.69, 9.17) is 0 Å². The maximum atomic E-state index is 9.31. The van der Waals surface area contributed by atoms with Gasteiger partial charge in [-0.25, -0.2) is 0 Å². The maximum Gasteiger partial charge on any atom is 0.0997 e. The van der Waals surface area contributed by atoms with Crippen LogP contribution in [0.15, 0.2) is 29.8 Å². The molecule has 0 bridgehead atoms. The fraction of sp³-hybridized carbons (Fsp3) is 0.400. The second kappa shape index (κ2) is 7.01. The molecule has 1 aliphatic rings. The summed E-state index contributed by atoms with van der Waals surface area (Å²) in [5, 5.41) is 9.31. The van der Waals surface area contributed by atoms with Crippen LogP contribution in [0.25, 0.3) is 5.57 Å². The summed E-state index contributed by atoms with van der Waals surface area (Å²) in [5.41, 5.74) is 4.60. The first-order chi connectivity index (χ1) is 7.81. The molecule has 2 heteroatoms. The summed E-state index contributed by atoms with van der Waals surface area (Å²) in [7, 11) is 0. The number of aryl methyl sites for hydroxylation is 1. The Morgan fingerprint density at radius 1 is 1.18 bits per heavy atom. The van der Waals surface area contributed by atoms with Crippen molar-refractivity contribution in [3.8, 4) is 6.07 Å². The second-order valence-corrected chi connectivity index (χ2v) is 4.52. The van der Waals surface area contributed by atoms with Crippen molar-refractivity contribution in [2.24, 2.45) is 0 Å². The van der Waals surface area contributed by atoms with Crippen molar-refractivity contribution in [3.05, 3.63) is 41.0 Å². The number of nitriles is 1. The van der Waals surface area contributed by atoms with E-state index in [9.17, 15) is 5.26 Å². The normalized spacial score (nSPS) is 14.7. The molecule has 1 aliphatic carbocycles. The van der Waals surface area contributed by atoms with Crippen LogP contribution in [-0.2, 0) is 0 Å². The molecule has 17 heavy (non-hydrogen) atoms. The van der Waals surface area contributed by atoms with Gasteiger partial charge < -0.3 is 0 Å². The fourth-order valence-corrected chi connectivity index (χ4v) is 2.38. The fourth-order valence-electron chi connectivity index (χ4n) is 2.38. The maximum absolute atomic E-state index is 9.31. The Hall–Kier alpha value is -0.550. The molecular weight excluding hydrogens is 217 g/mol. The summed E-state index contributed by atoms with van der Waals surface area (Å²) in [4.78, 5) is 0. The van der Waals surface area contributed by atoms with Gasteiger partial charge in [-0.3, -0.25) is 0 Å². The Morgan fingerprint density at radius 3 is 2.47 bits per heavy atom. The molecule has 0 spiro atoms. The van der Waals surface area contributed by atoms with Gasteiger partial charge in [0.1, 0.15) is 0 Å². The van der Waals surface area contributed by atoms with Crippen LogP contribution in [0.1, 0.15) is 43.2 Å². The number of rotatable bonds is 1. The van der Waals surface area contributed by atoms with E-state index in [0.29, 0.717) is 0 Å². The van der Waals surface area contributed by atoms with Gasteiger partial charge in [-0.2, -0.15) is 5.26 Å². The van der Waals surface area contributed by atoms with E-state index in [-0.39, 0.29) is 29.6 Å². The first-order valence-corrected chi connectivity index (χ1v) is 6.00.